The Hall–Kier alpha value is -3.80. The van der Waals surface area contributed by atoms with Gasteiger partial charge in [0.15, 0.2) is 0 Å². The predicted octanol–water partition coefficient (Wildman–Crippen LogP) is 3.69. The number of aryl methyl sites for hydroxylation is 1. The predicted molar refractivity (Wildman–Crippen MR) is 132 cm³/mol. The number of benzene rings is 2. The smallest absolute Gasteiger partial charge is 0.291 e. The van der Waals surface area contributed by atoms with E-state index in [1.807, 2.05) is 0 Å². The van der Waals surface area contributed by atoms with Gasteiger partial charge < -0.3 is 5.32 Å². The average Bonchev–Trinajstić information content (AvgIpc) is 2.83. The number of carbonyl (C=O) groups excluding carboxylic acids is 1. The van der Waals surface area contributed by atoms with Gasteiger partial charge in [0.2, 0.25) is 5.95 Å². The quantitative estimate of drug-likeness (QED) is 0.387. The minimum absolute atomic E-state index is 0.0236. The summed E-state index contributed by atoms with van der Waals surface area (Å²) in [5.74, 6) is -0.475. The number of sulfonamides is 1. The number of halogens is 2. The van der Waals surface area contributed by atoms with Crippen LogP contribution in [0.2, 0.25) is 10.0 Å². The third-order valence-electron chi connectivity index (χ3n) is 4.69. The van der Waals surface area contributed by atoms with Gasteiger partial charge in [0.05, 0.1) is 21.8 Å². The van der Waals surface area contributed by atoms with E-state index in [2.05, 4.69) is 25.1 Å². The summed E-state index contributed by atoms with van der Waals surface area (Å²) in [6.45, 7) is 1.72. The molecular weight excluding hydrogens is 515 g/mol. The number of amides is 1. The van der Waals surface area contributed by atoms with E-state index in [0.717, 1.165) is 4.68 Å². The molecule has 4 rings (SSSR count). The van der Waals surface area contributed by atoms with E-state index in [1.165, 1.54) is 60.9 Å². The number of nitrogens with zero attached hydrogens (tertiary/aromatic N) is 4. The molecule has 0 aliphatic carbocycles. The van der Waals surface area contributed by atoms with E-state index in [9.17, 15) is 18.0 Å². The molecule has 1 amide bonds. The van der Waals surface area contributed by atoms with E-state index in [0.29, 0.717) is 22.6 Å². The van der Waals surface area contributed by atoms with Crippen molar-refractivity contribution in [3.05, 3.63) is 98.6 Å². The Morgan fingerprint density at radius 1 is 1.00 bits per heavy atom. The van der Waals surface area contributed by atoms with E-state index in [4.69, 9.17) is 23.2 Å². The lowest BCUT2D eigenvalue weighted by molar-refractivity contribution is 0.102. The molecule has 0 spiro atoms. The van der Waals surface area contributed by atoms with Crippen LogP contribution in [0.1, 0.15) is 16.1 Å². The minimum atomic E-state index is -3.91. The molecule has 0 unspecified atom stereocenters. The van der Waals surface area contributed by atoms with Gasteiger partial charge in [-0.3, -0.25) is 9.59 Å². The van der Waals surface area contributed by atoms with Gasteiger partial charge in [0.1, 0.15) is 5.02 Å². The van der Waals surface area contributed by atoms with Crippen molar-refractivity contribution in [2.45, 2.75) is 11.8 Å². The maximum absolute atomic E-state index is 12.6. The summed E-state index contributed by atoms with van der Waals surface area (Å²) in [5.41, 5.74) is 1.10. The zero-order chi connectivity index (χ0) is 25.2. The third-order valence-corrected chi connectivity index (χ3v) is 6.79. The molecule has 0 saturated heterocycles. The van der Waals surface area contributed by atoms with Gasteiger partial charge in [-0.05, 0) is 61.5 Å². The third kappa shape index (κ3) is 5.48. The topological polar surface area (TPSA) is 136 Å². The summed E-state index contributed by atoms with van der Waals surface area (Å²) >= 11 is 11.7. The molecule has 2 aromatic heterocycles. The lowest BCUT2D eigenvalue weighted by Crippen LogP contribution is -2.21. The second-order valence-corrected chi connectivity index (χ2v) is 9.64. The Bertz CT molecular complexity index is 1570. The van der Waals surface area contributed by atoms with Crippen LogP contribution in [0.4, 0.5) is 11.6 Å². The molecule has 0 bridgehead atoms. The first-order valence-electron chi connectivity index (χ1n) is 9.92. The first-order chi connectivity index (χ1) is 16.6. The normalized spacial score (nSPS) is 11.2. The fourth-order valence-corrected chi connectivity index (χ4v) is 4.15. The maximum atomic E-state index is 12.6. The van der Waals surface area contributed by atoms with Crippen molar-refractivity contribution in [1.29, 1.82) is 0 Å². The Balaban J connectivity index is 1.46. The number of anilines is 2. The highest BCUT2D eigenvalue weighted by molar-refractivity contribution is 7.92. The molecule has 0 aliphatic heterocycles. The fourth-order valence-electron chi connectivity index (χ4n) is 2.95. The van der Waals surface area contributed by atoms with Gasteiger partial charge in [-0.1, -0.05) is 23.2 Å². The lowest BCUT2D eigenvalue weighted by Gasteiger charge is -2.09. The van der Waals surface area contributed by atoms with Crippen molar-refractivity contribution in [3.63, 3.8) is 0 Å². The summed E-state index contributed by atoms with van der Waals surface area (Å²) in [4.78, 5) is 32.7. The van der Waals surface area contributed by atoms with Crippen LogP contribution < -0.4 is 15.6 Å². The molecular formula is C22H16Cl2N6O4S. The van der Waals surface area contributed by atoms with Gasteiger partial charge >= 0.3 is 0 Å². The Labute approximate surface area is 209 Å². The SMILES string of the molecule is Cc1ccnc(NS(=O)(=O)c2ccc(NC(=O)c3ccc(-n4ncc(Cl)c(Cl)c4=O)cc3)cc2)n1. The summed E-state index contributed by atoms with van der Waals surface area (Å²) in [5, 5.41) is 6.50. The summed E-state index contributed by atoms with van der Waals surface area (Å²) in [7, 11) is -3.91. The molecule has 0 atom stereocenters. The van der Waals surface area contributed by atoms with Crippen molar-refractivity contribution in [1.82, 2.24) is 19.7 Å². The van der Waals surface area contributed by atoms with Gasteiger partial charge in [-0.2, -0.15) is 9.78 Å². The number of hydrogen-bond donors (Lipinski definition) is 2. The highest BCUT2D eigenvalue weighted by Crippen LogP contribution is 2.19. The van der Waals surface area contributed by atoms with Crippen LogP contribution in [0.15, 0.2) is 76.7 Å². The largest absolute Gasteiger partial charge is 0.322 e. The monoisotopic (exact) mass is 530 g/mol. The van der Waals surface area contributed by atoms with E-state index in [-0.39, 0.29) is 20.9 Å². The summed E-state index contributed by atoms with van der Waals surface area (Å²) in [6, 6.07) is 13.3. The molecule has 178 valence electrons. The van der Waals surface area contributed by atoms with Crippen LogP contribution in [0, 0.1) is 6.92 Å². The van der Waals surface area contributed by atoms with Gasteiger partial charge in [-0.25, -0.2) is 23.1 Å². The molecule has 0 saturated carbocycles. The van der Waals surface area contributed by atoms with Gasteiger partial charge in [-0.15, -0.1) is 0 Å². The maximum Gasteiger partial charge on any atom is 0.291 e. The Kier molecular flexibility index (Phi) is 6.83. The van der Waals surface area contributed by atoms with Crippen LogP contribution in [0.3, 0.4) is 0 Å². The van der Waals surface area contributed by atoms with Gasteiger partial charge in [0.25, 0.3) is 21.5 Å². The Morgan fingerprint density at radius 2 is 1.69 bits per heavy atom. The van der Waals surface area contributed by atoms with Crippen LogP contribution in [-0.4, -0.2) is 34.1 Å². The number of nitrogens with one attached hydrogen (secondary N) is 2. The molecule has 4 aromatic rings. The lowest BCUT2D eigenvalue weighted by atomic mass is 10.2. The molecule has 0 aliphatic rings. The molecule has 2 heterocycles. The second kappa shape index (κ2) is 9.82. The number of hydrogen-bond acceptors (Lipinski definition) is 7. The van der Waals surface area contributed by atoms with Crippen molar-refractivity contribution in [2.24, 2.45) is 0 Å². The van der Waals surface area contributed by atoms with Crippen molar-refractivity contribution in [2.75, 3.05) is 10.0 Å². The fraction of sp³-hybridized carbons (Fsp3) is 0.0455. The molecule has 35 heavy (non-hydrogen) atoms. The molecule has 13 heteroatoms. The molecule has 0 fully saturated rings. The zero-order valence-electron chi connectivity index (χ0n) is 17.9. The molecule has 10 nitrogen and oxygen atoms in total. The first-order valence-corrected chi connectivity index (χ1v) is 12.2. The molecule has 2 aromatic carbocycles. The number of carbonyl (C=O) groups is 1. The summed E-state index contributed by atoms with van der Waals surface area (Å²) < 4.78 is 28.5. The summed E-state index contributed by atoms with van der Waals surface area (Å²) in [6.07, 6.45) is 2.70. The highest BCUT2D eigenvalue weighted by atomic mass is 35.5. The number of rotatable bonds is 6. The van der Waals surface area contributed by atoms with Crippen molar-refractivity contribution in [3.8, 4) is 5.69 Å². The average molecular weight is 531 g/mol. The standard InChI is InChI=1S/C22H16Cl2N6O4S/c1-13-10-11-25-22(27-13)29-35(33,34)17-8-4-15(5-9-17)28-20(31)14-2-6-16(7-3-14)30-21(32)19(24)18(23)12-26-30/h2-12H,1H3,(H,28,31)(H,25,27,29). The van der Waals surface area contributed by atoms with Crippen LogP contribution >= 0.6 is 23.2 Å². The van der Waals surface area contributed by atoms with Crippen LogP contribution in [0.5, 0.6) is 0 Å². The van der Waals surface area contributed by atoms with Crippen LogP contribution in [0.25, 0.3) is 5.69 Å². The molecule has 0 radical (unpaired) electrons. The minimum Gasteiger partial charge on any atom is -0.322 e. The zero-order valence-corrected chi connectivity index (χ0v) is 20.3. The van der Waals surface area contributed by atoms with Crippen molar-refractivity contribution < 1.29 is 13.2 Å². The van der Waals surface area contributed by atoms with E-state index < -0.39 is 21.5 Å². The van der Waals surface area contributed by atoms with E-state index >= 15 is 0 Å². The van der Waals surface area contributed by atoms with Gasteiger partial charge in [0, 0.05) is 23.1 Å². The Morgan fingerprint density at radius 3 is 2.34 bits per heavy atom. The van der Waals surface area contributed by atoms with Crippen molar-refractivity contribution >= 4 is 50.8 Å². The highest BCUT2D eigenvalue weighted by Gasteiger charge is 2.16. The van der Waals surface area contributed by atoms with E-state index in [1.54, 1.807) is 13.0 Å². The second-order valence-electron chi connectivity index (χ2n) is 7.18. The molecule has 2 N–H and O–H groups in total. The number of aromatic nitrogens is 4. The van der Waals surface area contributed by atoms with Crippen LogP contribution in [-0.2, 0) is 10.0 Å². The first kappa shape index (κ1) is 24.3.